The molecule has 0 saturated carbocycles. The van der Waals surface area contributed by atoms with Gasteiger partial charge in [-0.25, -0.2) is 0 Å². The molecule has 0 bridgehead atoms. The standard InChI is InChI=1S/C8H12O3/c1-6(9)11-8-5-3-2-4-7(8)10/h2,4,7-8,10H,3,5H2,1H3. The quantitative estimate of drug-likeness (QED) is 0.447. The maximum atomic E-state index is 10.5. The van der Waals surface area contributed by atoms with Gasteiger partial charge in [0.2, 0.25) is 0 Å². The molecule has 1 aliphatic carbocycles. The summed E-state index contributed by atoms with van der Waals surface area (Å²) in [5.74, 6) is -0.329. The molecule has 0 fully saturated rings. The van der Waals surface area contributed by atoms with Gasteiger partial charge in [0.25, 0.3) is 0 Å². The van der Waals surface area contributed by atoms with E-state index in [1.54, 1.807) is 6.08 Å². The average molecular weight is 156 g/mol. The Morgan fingerprint density at radius 2 is 2.45 bits per heavy atom. The summed E-state index contributed by atoms with van der Waals surface area (Å²) in [6, 6.07) is 0. The van der Waals surface area contributed by atoms with Crippen molar-refractivity contribution in [1.29, 1.82) is 0 Å². The van der Waals surface area contributed by atoms with Gasteiger partial charge in [0.05, 0.1) is 0 Å². The summed E-state index contributed by atoms with van der Waals surface area (Å²) in [4.78, 5) is 10.5. The number of carbonyl (C=O) groups excluding carboxylic acids is 1. The topological polar surface area (TPSA) is 46.5 Å². The number of allylic oxidation sites excluding steroid dienone is 1. The van der Waals surface area contributed by atoms with Crippen molar-refractivity contribution < 1.29 is 14.6 Å². The molecule has 1 aliphatic rings. The van der Waals surface area contributed by atoms with Gasteiger partial charge in [-0.05, 0) is 12.8 Å². The third-order valence-electron chi connectivity index (χ3n) is 1.65. The number of hydrogen-bond donors (Lipinski definition) is 1. The van der Waals surface area contributed by atoms with E-state index >= 15 is 0 Å². The highest BCUT2D eigenvalue weighted by molar-refractivity contribution is 5.66. The number of esters is 1. The number of ether oxygens (including phenoxy) is 1. The Hall–Kier alpha value is -0.830. The van der Waals surface area contributed by atoms with Crippen molar-refractivity contribution in [3.63, 3.8) is 0 Å². The predicted octanol–water partition coefficient (Wildman–Crippen LogP) is 0.629. The minimum absolute atomic E-state index is 0.329. The smallest absolute Gasteiger partial charge is 0.303 e. The van der Waals surface area contributed by atoms with Crippen LogP contribution in [0.3, 0.4) is 0 Å². The minimum Gasteiger partial charge on any atom is -0.459 e. The van der Waals surface area contributed by atoms with E-state index in [-0.39, 0.29) is 12.1 Å². The van der Waals surface area contributed by atoms with Gasteiger partial charge in [0.1, 0.15) is 12.2 Å². The SMILES string of the molecule is CC(=O)OC1CCC=CC1O. The van der Waals surface area contributed by atoms with Crippen LogP contribution in [0.2, 0.25) is 0 Å². The number of rotatable bonds is 1. The van der Waals surface area contributed by atoms with Crippen molar-refractivity contribution >= 4 is 5.97 Å². The molecule has 11 heavy (non-hydrogen) atoms. The van der Waals surface area contributed by atoms with E-state index in [1.807, 2.05) is 6.08 Å². The molecule has 3 heteroatoms. The van der Waals surface area contributed by atoms with Crippen LogP contribution < -0.4 is 0 Å². The minimum atomic E-state index is -0.618. The molecule has 0 aromatic heterocycles. The van der Waals surface area contributed by atoms with E-state index in [2.05, 4.69) is 0 Å². The Bertz CT molecular complexity index is 174. The predicted molar refractivity (Wildman–Crippen MR) is 39.9 cm³/mol. The first-order valence-corrected chi connectivity index (χ1v) is 3.72. The fourth-order valence-corrected chi connectivity index (χ4v) is 1.13. The van der Waals surface area contributed by atoms with Crippen LogP contribution in [0.15, 0.2) is 12.2 Å². The Morgan fingerprint density at radius 3 is 3.00 bits per heavy atom. The molecule has 0 aromatic carbocycles. The lowest BCUT2D eigenvalue weighted by atomic mass is 10.0. The van der Waals surface area contributed by atoms with E-state index in [9.17, 15) is 9.90 Å². The van der Waals surface area contributed by atoms with Crippen molar-refractivity contribution in [3.05, 3.63) is 12.2 Å². The summed E-state index contributed by atoms with van der Waals surface area (Å²) >= 11 is 0. The normalized spacial score (nSPS) is 30.0. The van der Waals surface area contributed by atoms with Crippen LogP contribution in [-0.4, -0.2) is 23.3 Å². The van der Waals surface area contributed by atoms with Crippen molar-refractivity contribution in [2.24, 2.45) is 0 Å². The fraction of sp³-hybridized carbons (Fsp3) is 0.625. The molecule has 0 radical (unpaired) electrons. The molecule has 0 spiro atoms. The van der Waals surface area contributed by atoms with Crippen molar-refractivity contribution in [3.8, 4) is 0 Å². The van der Waals surface area contributed by atoms with Crippen LogP contribution in [0.4, 0.5) is 0 Å². The summed E-state index contributed by atoms with van der Waals surface area (Å²) in [5, 5.41) is 9.25. The Labute approximate surface area is 65.7 Å². The van der Waals surface area contributed by atoms with Gasteiger partial charge in [-0.1, -0.05) is 12.2 Å². The second-order valence-electron chi connectivity index (χ2n) is 2.64. The van der Waals surface area contributed by atoms with Gasteiger partial charge in [-0.15, -0.1) is 0 Å². The zero-order chi connectivity index (χ0) is 8.27. The van der Waals surface area contributed by atoms with Crippen LogP contribution in [0, 0.1) is 0 Å². The summed E-state index contributed by atoms with van der Waals surface area (Å²) in [6.07, 6.45) is 4.19. The van der Waals surface area contributed by atoms with Crippen LogP contribution in [-0.2, 0) is 9.53 Å². The number of hydrogen-bond acceptors (Lipinski definition) is 3. The van der Waals surface area contributed by atoms with Gasteiger partial charge in [0.15, 0.2) is 0 Å². The molecule has 0 saturated heterocycles. The molecule has 2 unspecified atom stereocenters. The lowest BCUT2D eigenvalue weighted by molar-refractivity contribution is -0.151. The lowest BCUT2D eigenvalue weighted by Gasteiger charge is -2.22. The third kappa shape index (κ3) is 2.35. The largest absolute Gasteiger partial charge is 0.459 e. The molecule has 3 nitrogen and oxygen atoms in total. The maximum absolute atomic E-state index is 10.5. The molecule has 2 atom stereocenters. The van der Waals surface area contributed by atoms with Crippen molar-refractivity contribution in [2.75, 3.05) is 0 Å². The highest BCUT2D eigenvalue weighted by atomic mass is 16.6. The molecule has 1 rings (SSSR count). The van der Waals surface area contributed by atoms with E-state index in [4.69, 9.17) is 4.74 Å². The fourth-order valence-electron chi connectivity index (χ4n) is 1.13. The molecule has 1 N–H and O–H groups in total. The number of aliphatic hydroxyl groups excluding tert-OH is 1. The second kappa shape index (κ2) is 3.53. The van der Waals surface area contributed by atoms with Crippen LogP contribution in [0.5, 0.6) is 0 Å². The van der Waals surface area contributed by atoms with Crippen LogP contribution in [0.1, 0.15) is 19.8 Å². The van der Waals surface area contributed by atoms with Gasteiger partial charge in [0, 0.05) is 6.92 Å². The summed E-state index contributed by atoms with van der Waals surface area (Å²) in [6.45, 7) is 1.35. The zero-order valence-corrected chi connectivity index (χ0v) is 6.49. The van der Waals surface area contributed by atoms with E-state index in [1.165, 1.54) is 6.92 Å². The van der Waals surface area contributed by atoms with E-state index in [0.717, 1.165) is 12.8 Å². The van der Waals surface area contributed by atoms with Gasteiger partial charge in [-0.2, -0.15) is 0 Å². The molecule has 62 valence electrons. The van der Waals surface area contributed by atoms with Crippen LogP contribution >= 0.6 is 0 Å². The van der Waals surface area contributed by atoms with Gasteiger partial charge >= 0.3 is 5.97 Å². The molecule has 0 aliphatic heterocycles. The van der Waals surface area contributed by atoms with E-state index in [0.29, 0.717) is 0 Å². The number of carbonyl (C=O) groups is 1. The van der Waals surface area contributed by atoms with E-state index < -0.39 is 6.10 Å². The first-order chi connectivity index (χ1) is 5.20. The first-order valence-electron chi connectivity index (χ1n) is 3.72. The molecule has 0 amide bonds. The molecule has 0 aromatic rings. The highest BCUT2D eigenvalue weighted by Crippen LogP contribution is 2.14. The summed E-state index contributed by atoms with van der Waals surface area (Å²) in [5.41, 5.74) is 0. The average Bonchev–Trinajstić information content (AvgIpc) is 1.93. The van der Waals surface area contributed by atoms with Crippen molar-refractivity contribution in [1.82, 2.24) is 0 Å². The Morgan fingerprint density at radius 1 is 1.73 bits per heavy atom. The summed E-state index contributed by atoms with van der Waals surface area (Å²) in [7, 11) is 0. The Balaban J connectivity index is 2.45. The second-order valence-corrected chi connectivity index (χ2v) is 2.64. The molecular weight excluding hydrogens is 144 g/mol. The zero-order valence-electron chi connectivity index (χ0n) is 6.49. The van der Waals surface area contributed by atoms with Crippen LogP contribution in [0.25, 0.3) is 0 Å². The van der Waals surface area contributed by atoms with Gasteiger partial charge in [-0.3, -0.25) is 4.79 Å². The molecule has 0 heterocycles. The first kappa shape index (κ1) is 8.27. The highest BCUT2D eigenvalue weighted by Gasteiger charge is 2.21. The van der Waals surface area contributed by atoms with Gasteiger partial charge < -0.3 is 9.84 Å². The monoisotopic (exact) mass is 156 g/mol. The maximum Gasteiger partial charge on any atom is 0.303 e. The summed E-state index contributed by atoms with van der Waals surface area (Å²) < 4.78 is 4.86. The third-order valence-corrected chi connectivity index (χ3v) is 1.65. The lowest BCUT2D eigenvalue weighted by Crippen LogP contribution is -2.30. The molecular formula is C8H12O3. The number of aliphatic hydroxyl groups is 1. The Kier molecular flexibility index (Phi) is 2.65. The van der Waals surface area contributed by atoms with Crippen molar-refractivity contribution in [2.45, 2.75) is 32.0 Å².